The minimum Gasteiger partial charge on any atom is -0.468 e. The predicted octanol–water partition coefficient (Wildman–Crippen LogP) is 7.08. The van der Waals surface area contributed by atoms with Gasteiger partial charge < -0.3 is 28.6 Å². The molecule has 1 amide bonds. The Labute approximate surface area is 285 Å². The molecule has 1 aliphatic carbocycles. The third kappa shape index (κ3) is 6.36. The van der Waals surface area contributed by atoms with Gasteiger partial charge in [0.05, 0.1) is 17.5 Å². The molecule has 3 fully saturated rings. The third-order valence-electron chi connectivity index (χ3n) is 9.83. The molecule has 2 unspecified atom stereocenters. The van der Waals surface area contributed by atoms with E-state index in [0.29, 0.717) is 41.2 Å². The molecule has 2 bridgehead atoms. The van der Waals surface area contributed by atoms with E-state index in [1.54, 1.807) is 13.2 Å². The Morgan fingerprint density at radius 2 is 1.80 bits per heavy atom. The topological polar surface area (TPSA) is 103 Å². The number of hydrogen-bond donors (Lipinski definition) is 0. The van der Waals surface area contributed by atoms with Crippen LogP contribution in [0, 0.1) is 11.2 Å². The van der Waals surface area contributed by atoms with Crippen LogP contribution in [0.5, 0.6) is 11.8 Å². The van der Waals surface area contributed by atoms with Crippen LogP contribution in [0.3, 0.4) is 0 Å². The summed E-state index contributed by atoms with van der Waals surface area (Å²) in [4.78, 5) is 38.3. The van der Waals surface area contributed by atoms with Gasteiger partial charge in [-0.2, -0.15) is 9.97 Å². The van der Waals surface area contributed by atoms with E-state index in [1.165, 1.54) is 0 Å². The lowest BCUT2D eigenvalue weighted by atomic mass is 9.92. The highest BCUT2D eigenvalue weighted by atomic mass is 19.1. The number of nitrogens with zero attached hydrogens (tertiary/aromatic N) is 4. The smallest absolute Gasteiger partial charge is 0.410 e. The summed E-state index contributed by atoms with van der Waals surface area (Å²) in [6, 6.07) is 13.3. The van der Waals surface area contributed by atoms with Crippen molar-refractivity contribution >= 4 is 39.9 Å². The lowest BCUT2D eigenvalue weighted by molar-refractivity contribution is -0.113. The Balaban J connectivity index is 1.33. The van der Waals surface area contributed by atoms with E-state index in [9.17, 15) is 9.59 Å². The lowest BCUT2D eigenvalue weighted by Gasteiger charge is -2.42. The molecule has 3 aromatic carbocycles. The number of carbonyl (C=O) groups excluding carboxylic acids is 2. The van der Waals surface area contributed by atoms with Crippen molar-refractivity contribution in [3.05, 3.63) is 53.8 Å². The average Bonchev–Trinajstić information content (AvgIpc) is 3.82. The molecule has 258 valence electrons. The van der Waals surface area contributed by atoms with Crippen LogP contribution in [0.4, 0.5) is 15.0 Å². The molecule has 2 aliphatic heterocycles. The molecular weight excluding hydrogens is 627 g/mol. The highest BCUT2D eigenvalue weighted by molar-refractivity contribution is 6.03. The number of aldehydes is 1. The summed E-state index contributed by atoms with van der Waals surface area (Å²) in [6.07, 6.45) is 4.52. The number of aryl methyl sites for hydroxylation is 1. The molecule has 4 aromatic rings. The molecular formula is C38H43FN4O6. The van der Waals surface area contributed by atoms with Crippen molar-refractivity contribution < 1.29 is 32.9 Å². The van der Waals surface area contributed by atoms with Crippen LogP contribution in [-0.4, -0.2) is 78.5 Å². The fourth-order valence-electron chi connectivity index (χ4n) is 7.19. The number of carbonyl (C=O) groups is 2. The number of rotatable bonds is 10. The van der Waals surface area contributed by atoms with Gasteiger partial charge in [0, 0.05) is 31.1 Å². The van der Waals surface area contributed by atoms with Crippen molar-refractivity contribution in [2.24, 2.45) is 5.41 Å². The molecule has 3 aliphatic rings. The summed E-state index contributed by atoms with van der Waals surface area (Å²) >= 11 is 0. The molecule has 0 radical (unpaired) electrons. The van der Waals surface area contributed by atoms with E-state index in [4.69, 9.17) is 23.9 Å². The van der Waals surface area contributed by atoms with Crippen LogP contribution >= 0.6 is 0 Å². The maximum absolute atomic E-state index is 17.1. The van der Waals surface area contributed by atoms with Gasteiger partial charge in [0.15, 0.2) is 12.6 Å². The second-order valence-corrected chi connectivity index (χ2v) is 14.5. The van der Waals surface area contributed by atoms with Crippen LogP contribution in [0.15, 0.2) is 42.5 Å². The SMILES string of the molecule is CCc1cccc2cc(OCOC)cc(-c3ccc4c(N5CC6CCC(C5)N6C(=O)OC(C)(C)C)nc(OCC5(C=O)CC5)nc4c3F)c12. The summed E-state index contributed by atoms with van der Waals surface area (Å²) in [5, 5.41) is 2.41. The van der Waals surface area contributed by atoms with Gasteiger partial charge in [-0.3, -0.25) is 4.90 Å². The first-order valence-electron chi connectivity index (χ1n) is 17.1. The van der Waals surface area contributed by atoms with Gasteiger partial charge >= 0.3 is 12.1 Å². The van der Waals surface area contributed by atoms with Crippen molar-refractivity contribution in [2.45, 2.75) is 77.5 Å². The number of piperazine rings is 1. The minimum atomic E-state index is -0.600. The maximum Gasteiger partial charge on any atom is 0.410 e. The zero-order chi connectivity index (χ0) is 34.5. The molecule has 49 heavy (non-hydrogen) atoms. The fourth-order valence-corrected chi connectivity index (χ4v) is 7.19. The minimum absolute atomic E-state index is 0.0184. The quantitative estimate of drug-likeness (QED) is 0.129. The van der Waals surface area contributed by atoms with Crippen LogP contribution in [0.1, 0.15) is 58.9 Å². The van der Waals surface area contributed by atoms with E-state index >= 15 is 4.39 Å². The van der Waals surface area contributed by atoms with Gasteiger partial charge in [-0.1, -0.05) is 31.2 Å². The van der Waals surface area contributed by atoms with Gasteiger partial charge in [0.25, 0.3) is 0 Å². The molecule has 0 N–H and O–H groups in total. The van der Waals surface area contributed by atoms with Crippen molar-refractivity contribution in [1.82, 2.24) is 14.9 Å². The predicted molar refractivity (Wildman–Crippen MR) is 185 cm³/mol. The molecule has 7 rings (SSSR count). The largest absolute Gasteiger partial charge is 0.468 e. The van der Waals surface area contributed by atoms with Crippen LogP contribution in [0.2, 0.25) is 0 Å². The Morgan fingerprint density at radius 3 is 2.45 bits per heavy atom. The lowest BCUT2D eigenvalue weighted by Crippen LogP contribution is -2.57. The number of halogens is 1. The van der Waals surface area contributed by atoms with Crippen molar-refractivity contribution in [2.75, 3.05) is 38.5 Å². The number of hydrogen-bond acceptors (Lipinski definition) is 9. The van der Waals surface area contributed by atoms with Crippen molar-refractivity contribution in [1.29, 1.82) is 0 Å². The number of anilines is 1. The molecule has 2 saturated heterocycles. The number of ether oxygens (including phenoxy) is 4. The van der Waals surface area contributed by atoms with Gasteiger partial charge in [-0.15, -0.1) is 0 Å². The Hall–Kier alpha value is -4.51. The zero-order valence-electron chi connectivity index (χ0n) is 28.8. The van der Waals surface area contributed by atoms with E-state index in [-0.39, 0.29) is 43.1 Å². The van der Waals surface area contributed by atoms with E-state index < -0.39 is 16.8 Å². The first kappa shape index (κ1) is 33.0. The van der Waals surface area contributed by atoms with Crippen LogP contribution in [0.25, 0.3) is 32.8 Å². The van der Waals surface area contributed by atoms with Crippen LogP contribution < -0.4 is 14.4 Å². The fraction of sp³-hybridized carbons (Fsp3) is 0.474. The highest BCUT2D eigenvalue weighted by Gasteiger charge is 2.46. The average molecular weight is 671 g/mol. The molecule has 2 atom stereocenters. The zero-order valence-corrected chi connectivity index (χ0v) is 28.8. The Kier molecular flexibility index (Phi) is 8.59. The van der Waals surface area contributed by atoms with Gasteiger partial charge in [-0.05, 0) is 93.0 Å². The summed E-state index contributed by atoms with van der Waals surface area (Å²) < 4.78 is 39.9. The summed E-state index contributed by atoms with van der Waals surface area (Å²) in [5.74, 6) is 0.596. The number of benzene rings is 3. The molecule has 11 heteroatoms. The first-order chi connectivity index (χ1) is 23.5. The number of methoxy groups -OCH3 is 1. The van der Waals surface area contributed by atoms with Gasteiger partial charge in [0.1, 0.15) is 35.6 Å². The number of aromatic nitrogens is 2. The third-order valence-corrected chi connectivity index (χ3v) is 9.83. The maximum atomic E-state index is 17.1. The normalized spacial score (nSPS) is 19.7. The molecule has 1 saturated carbocycles. The second kappa shape index (κ2) is 12.7. The van der Waals surface area contributed by atoms with E-state index in [0.717, 1.165) is 54.7 Å². The van der Waals surface area contributed by atoms with E-state index in [2.05, 4.69) is 22.9 Å². The summed E-state index contributed by atoms with van der Waals surface area (Å²) in [6.45, 7) is 8.88. The summed E-state index contributed by atoms with van der Waals surface area (Å²) in [5.41, 5.74) is 1.12. The molecule has 1 aromatic heterocycles. The van der Waals surface area contributed by atoms with Gasteiger partial charge in [0.2, 0.25) is 0 Å². The standard InChI is InChI=1S/C38H43FN4O6/c1-6-23-8-7-9-24-16-27(48-22-46-5)17-30(31(23)24)28-12-13-29-33(32(28)39)40-35(47-21-38(20-44)14-15-38)41-34(29)42-18-25-10-11-26(19-42)43(25)36(45)49-37(2,3)4/h7-9,12-13,16-17,20,25-26H,6,10-11,14-15,18-19,21-22H2,1-5H3. The van der Waals surface area contributed by atoms with Crippen molar-refractivity contribution in [3.63, 3.8) is 0 Å². The Bertz CT molecular complexity index is 1910. The molecule has 10 nitrogen and oxygen atoms in total. The first-order valence-corrected chi connectivity index (χ1v) is 17.1. The van der Waals surface area contributed by atoms with E-state index in [1.807, 2.05) is 56.0 Å². The number of fused-ring (bicyclic) bond motifs is 4. The Morgan fingerprint density at radius 1 is 1.04 bits per heavy atom. The second-order valence-electron chi connectivity index (χ2n) is 14.5. The summed E-state index contributed by atoms with van der Waals surface area (Å²) in [7, 11) is 1.56. The van der Waals surface area contributed by atoms with Gasteiger partial charge in [-0.25, -0.2) is 9.18 Å². The van der Waals surface area contributed by atoms with Crippen molar-refractivity contribution in [3.8, 4) is 22.9 Å². The highest BCUT2D eigenvalue weighted by Crippen LogP contribution is 2.44. The number of amides is 1. The molecule has 3 heterocycles. The monoisotopic (exact) mass is 670 g/mol. The molecule has 0 spiro atoms. The van der Waals surface area contributed by atoms with Crippen LogP contribution in [-0.2, 0) is 20.7 Å².